The Bertz CT molecular complexity index is 715. The molecular formula is C18H17ClN2O2. The molecule has 0 aliphatic heterocycles. The molecule has 1 amide bonds. The molecule has 0 fully saturated rings. The first-order valence-electron chi connectivity index (χ1n) is 7.47. The average molecular weight is 329 g/mol. The van der Waals surface area contributed by atoms with Crippen molar-refractivity contribution >= 4 is 17.5 Å². The Morgan fingerprint density at radius 1 is 1.30 bits per heavy atom. The van der Waals surface area contributed by atoms with Gasteiger partial charge in [0.1, 0.15) is 11.9 Å². The lowest BCUT2D eigenvalue weighted by Crippen LogP contribution is -2.32. The van der Waals surface area contributed by atoms with Gasteiger partial charge in [0.05, 0.1) is 11.7 Å². The fourth-order valence-corrected chi connectivity index (χ4v) is 2.90. The smallest absolute Gasteiger partial charge is 0.243 e. The summed E-state index contributed by atoms with van der Waals surface area (Å²) < 4.78 is 6.06. The van der Waals surface area contributed by atoms with E-state index in [4.69, 9.17) is 16.3 Å². The molecule has 23 heavy (non-hydrogen) atoms. The molecule has 1 aromatic heterocycles. The lowest BCUT2D eigenvalue weighted by Gasteiger charge is -2.31. The predicted octanol–water partition coefficient (Wildman–Crippen LogP) is 3.99. The van der Waals surface area contributed by atoms with Gasteiger partial charge in [-0.3, -0.25) is 9.78 Å². The summed E-state index contributed by atoms with van der Waals surface area (Å²) in [6.07, 6.45) is 4.45. The topological polar surface area (TPSA) is 51.2 Å². The van der Waals surface area contributed by atoms with Crippen molar-refractivity contribution in [1.29, 1.82) is 0 Å². The van der Waals surface area contributed by atoms with E-state index >= 15 is 0 Å². The highest BCUT2D eigenvalue weighted by Gasteiger charge is 2.30. The van der Waals surface area contributed by atoms with Gasteiger partial charge in [-0.15, -0.1) is 0 Å². The Morgan fingerprint density at radius 3 is 2.83 bits per heavy atom. The molecule has 5 heteroatoms. The van der Waals surface area contributed by atoms with E-state index in [9.17, 15) is 4.79 Å². The van der Waals surface area contributed by atoms with E-state index in [1.165, 1.54) is 6.08 Å². The lowest BCUT2D eigenvalue weighted by atomic mass is 9.89. The van der Waals surface area contributed by atoms with Gasteiger partial charge in [-0.1, -0.05) is 24.2 Å². The minimum absolute atomic E-state index is 0.0609. The molecule has 4 nitrogen and oxygen atoms in total. The quantitative estimate of drug-likeness (QED) is 0.863. The number of nitrogens with zero attached hydrogens (tertiary/aromatic N) is 1. The summed E-state index contributed by atoms with van der Waals surface area (Å²) in [5, 5.41) is 3.62. The van der Waals surface area contributed by atoms with Crippen LogP contribution in [0.1, 0.15) is 36.2 Å². The summed E-state index contributed by atoms with van der Waals surface area (Å²) in [4.78, 5) is 16.1. The number of nitrogens with one attached hydrogen (secondary N) is 1. The van der Waals surface area contributed by atoms with Crippen LogP contribution in [0.2, 0.25) is 5.02 Å². The van der Waals surface area contributed by atoms with E-state index in [2.05, 4.69) is 16.9 Å². The molecule has 1 aromatic carbocycles. The summed E-state index contributed by atoms with van der Waals surface area (Å²) in [6, 6.07) is 11.1. The number of benzene rings is 1. The third-order valence-electron chi connectivity index (χ3n) is 3.86. The van der Waals surface area contributed by atoms with Gasteiger partial charge in [-0.05, 0) is 54.8 Å². The van der Waals surface area contributed by atoms with E-state index in [0.29, 0.717) is 5.02 Å². The molecule has 3 rings (SSSR count). The van der Waals surface area contributed by atoms with Crippen LogP contribution >= 0.6 is 11.6 Å². The van der Waals surface area contributed by atoms with Crippen molar-refractivity contribution in [1.82, 2.24) is 10.3 Å². The van der Waals surface area contributed by atoms with Gasteiger partial charge >= 0.3 is 0 Å². The second kappa shape index (κ2) is 6.84. The number of carbonyl (C=O) groups excluding carboxylic acids is 1. The Labute approximate surface area is 140 Å². The molecule has 0 bridgehead atoms. The highest BCUT2D eigenvalue weighted by molar-refractivity contribution is 6.30. The molecule has 2 aromatic rings. The van der Waals surface area contributed by atoms with Gasteiger partial charge in [0.2, 0.25) is 5.91 Å². The fraction of sp³-hybridized carbons (Fsp3) is 0.222. The average Bonchev–Trinajstić information content (AvgIpc) is 2.59. The Morgan fingerprint density at radius 2 is 2.09 bits per heavy atom. The molecule has 1 aliphatic carbocycles. The van der Waals surface area contributed by atoms with E-state index < -0.39 is 0 Å². The number of halogens is 1. The highest BCUT2D eigenvalue weighted by Crippen LogP contribution is 2.37. The largest absolute Gasteiger partial charge is 0.484 e. The van der Waals surface area contributed by atoms with Gasteiger partial charge in [-0.25, -0.2) is 0 Å². The van der Waals surface area contributed by atoms with Crippen molar-refractivity contribution in [3.05, 3.63) is 71.5 Å². The number of hydrogen-bond donors (Lipinski definition) is 1. The summed E-state index contributed by atoms with van der Waals surface area (Å²) in [5.41, 5.74) is 1.86. The van der Waals surface area contributed by atoms with Crippen LogP contribution in [-0.2, 0) is 4.79 Å². The van der Waals surface area contributed by atoms with Crippen molar-refractivity contribution < 1.29 is 9.53 Å². The van der Waals surface area contributed by atoms with Gasteiger partial charge in [-0.2, -0.15) is 0 Å². The van der Waals surface area contributed by atoms with Crippen LogP contribution in [-0.4, -0.2) is 10.9 Å². The van der Waals surface area contributed by atoms with Crippen LogP contribution in [0.3, 0.4) is 0 Å². The number of rotatable bonds is 4. The standard InChI is InChI=1S/C18H17ClN2O2/c1-2-17(22)21-15-9-10-16(18-14(15)4-3-11-20-18)23-13-7-5-12(19)6-8-13/h2-8,11,15-16H,1,9-10H2,(H,21,22)/t15-,16-/m0/s1. The molecule has 0 saturated heterocycles. The first kappa shape index (κ1) is 15.6. The molecule has 118 valence electrons. The number of fused-ring (bicyclic) bond motifs is 1. The van der Waals surface area contributed by atoms with E-state index in [1.54, 1.807) is 18.3 Å². The van der Waals surface area contributed by atoms with Crippen molar-refractivity contribution in [2.45, 2.75) is 25.0 Å². The van der Waals surface area contributed by atoms with E-state index in [0.717, 1.165) is 29.8 Å². The zero-order chi connectivity index (χ0) is 16.2. The minimum atomic E-state index is -0.179. The maximum Gasteiger partial charge on any atom is 0.243 e. The monoisotopic (exact) mass is 328 g/mol. The van der Waals surface area contributed by atoms with Crippen molar-refractivity contribution in [2.75, 3.05) is 0 Å². The number of amides is 1. The molecule has 0 unspecified atom stereocenters. The van der Waals surface area contributed by atoms with Gasteiger partial charge < -0.3 is 10.1 Å². The SMILES string of the molecule is C=CC(=O)N[C@H]1CC[C@H](Oc2ccc(Cl)cc2)c2ncccc21. The number of ether oxygens (including phenoxy) is 1. The number of carbonyl (C=O) groups is 1. The number of pyridine rings is 1. The summed E-state index contributed by atoms with van der Waals surface area (Å²) >= 11 is 5.90. The second-order valence-electron chi connectivity index (χ2n) is 5.38. The van der Waals surface area contributed by atoms with Crippen LogP contribution in [0, 0.1) is 0 Å². The fourth-order valence-electron chi connectivity index (χ4n) is 2.78. The zero-order valence-electron chi connectivity index (χ0n) is 12.5. The van der Waals surface area contributed by atoms with Crippen LogP contribution in [0.25, 0.3) is 0 Å². The first-order valence-corrected chi connectivity index (χ1v) is 7.85. The van der Waals surface area contributed by atoms with Crippen LogP contribution in [0.5, 0.6) is 5.75 Å². The summed E-state index contributed by atoms with van der Waals surface area (Å²) in [6.45, 7) is 3.50. The van der Waals surface area contributed by atoms with Crippen LogP contribution in [0.15, 0.2) is 55.3 Å². The zero-order valence-corrected chi connectivity index (χ0v) is 13.3. The summed E-state index contributed by atoms with van der Waals surface area (Å²) in [5.74, 6) is 0.575. The Balaban J connectivity index is 1.83. The van der Waals surface area contributed by atoms with Crippen LogP contribution < -0.4 is 10.1 Å². The van der Waals surface area contributed by atoms with E-state index in [-0.39, 0.29) is 18.1 Å². The lowest BCUT2D eigenvalue weighted by molar-refractivity contribution is -0.117. The van der Waals surface area contributed by atoms with Crippen molar-refractivity contribution in [3.63, 3.8) is 0 Å². The Hall–Kier alpha value is -2.33. The molecule has 0 spiro atoms. The number of hydrogen-bond acceptors (Lipinski definition) is 3. The minimum Gasteiger partial charge on any atom is -0.484 e. The highest BCUT2D eigenvalue weighted by atomic mass is 35.5. The Kier molecular flexibility index (Phi) is 4.63. The van der Waals surface area contributed by atoms with Crippen molar-refractivity contribution in [3.8, 4) is 5.75 Å². The van der Waals surface area contributed by atoms with Gasteiger partial charge in [0.25, 0.3) is 0 Å². The normalized spacial score (nSPS) is 19.5. The molecule has 1 N–H and O–H groups in total. The molecule has 2 atom stereocenters. The van der Waals surface area contributed by atoms with Crippen molar-refractivity contribution in [2.24, 2.45) is 0 Å². The molecule has 1 heterocycles. The van der Waals surface area contributed by atoms with Gasteiger partial charge in [0, 0.05) is 11.2 Å². The maximum atomic E-state index is 11.6. The third kappa shape index (κ3) is 3.54. The van der Waals surface area contributed by atoms with E-state index in [1.807, 2.05) is 24.3 Å². The first-order chi connectivity index (χ1) is 11.2. The third-order valence-corrected chi connectivity index (χ3v) is 4.12. The molecular weight excluding hydrogens is 312 g/mol. The summed E-state index contributed by atoms with van der Waals surface area (Å²) in [7, 11) is 0. The molecule has 0 saturated carbocycles. The maximum absolute atomic E-state index is 11.6. The number of aromatic nitrogens is 1. The molecule has 1 aliphatic rings. The second-order valence-corrected chi connectivity index (χ2v) is 5.82. The van der Waals surface area contributed by atoms with Gasteiger partial charge in [0.15, 0.2) is 0 Å². The predicted molar refractivity (Wildman–Crippen MR) is 89.4 cm³/mol. The van der Waals surface area contributed by atoms with Crippen LogP contribution in [0.4, 0.5) is 0 Å². The molecule has 0 radical (unpaired) electrons.